The fourth-order valence-corrected chi connectivity index (χ4v) is 2.59. The quantitative estimate of drug-likeness (QED) is 0.818. The maximum absolute atomic E-state index is 12.3. The van der Waals surface area contributed by atoms with E-state index < -0.39 is 0 Å². The van der Waals surface area contributed by atoms with E-state index in [1.807, 2.05) is 24.3 Å². The second-order valence-electron chi connectivity index (χ2n) is 5.53. The molecule has 0 unspecified atom stereocenters. The molecule has 1 aliphatic heterocycles. The van der Waals surface area contributed by atoms with Crippen LogP contribution in [0.15, 0.2) is 42.7 Å². The topological polar surface area (TPSA) is 78.4 Å². The van der Waals surface area contributed by atoms with E-state index in [1.54, 1.807) is 23.4 Å². The molecule has 0 aliphatic carbocycles. The number of nitrogens with one attached hydrogen (secondary N) is 1. The van der Waals surface area contributed by atoms with Crippen LogP contribution in [0.1, 0.15) is 16.2 Å². The number of piperazine rings is 1. The molecule has 2 aromatic rings. The number of pyridine rings is 2. The standard InChI is InChI=1S/C17H19N5O2/c23-13-21-7-9-22(10-8-21)15-4-6-19-16(11-15)17(24)20-12-14-3-1-2-5-18-14/h1-6,11,13H,7-10,12H2,(H,20,24). The Bertz CT molecular complexity index is 699. The molecule has 2 amide bonds. The largest absolute Gasteiger partial charge is 0.368 e. The van der Waals surface area contributed by atoms with Crippen LogP contribution in [0.25, 0.3) is 0 Å². The third kappa shape index (κ3) is 3.87. The molecule has 0 aromatic carbocycles. The molecule has 1 aliphatic rings. The Hall–Kier alpha value is -2.96. The van der Waals surface area contributed by atoms with Gasteiger partial charge in [0.25, 0.3) is 5.91 Å². The van der Waals surface area contributed by atoms with Crippen LogP contribution in [0.2, 0.25) is 0 Å². The van der Waals surface area contributed by atoms with Crippen molar-refractivity contribution in [2.75, 3.05) is 31.1 Å². The van der Waals surface area contributed by atoms with Gasteiger partial charge in [-0.05, 0) is 24.3 Å². The number of carbonyl (C=O) groups excluding carboxylic acids is 2. The molecule has 7 heteroatoms. The summed E-state index contributed by atoms with van der Waals surface area (Å²) >= 11 is 0. The van der Waals surface area contributed by atoms with Gasteiger partial charge in [0, 0.05) is 44.3 Å². The number of carbonyl (C=O) groups is 2. The lowest BCUT2D eigenvalue weighted by Crippen LogP contribution is -2.45. The summed E-state index contributed by atoms with van der Waals surface area (Å²) in [6, 6.07) is 9.24. The lowest BCUT2D eigenvalue weighted by atomic mass is 10.2. The maximum atomic E-state index is 12.3. The van der Waals surface area contributed by atoms with Crippen molar-refractivity contribution in [1.82, 2.24) is 20.2 Å². The molecule has 24 heavy (non-hydrogen) atoms. The van der Waals surface area contributed by atoms with E-state index >= 15 is 0 Å². The van der Waals surface area contributed by atoms with Crippen molar-refractivity contribution in [2.24, 2.45) is 0 Å². The number of rotatable bonds is 5. The van der Waals surface area contributed by atoms with Gasteiger partial charge in [-0.15, -0.1) is 0 Å². The van der Waals surface area contributed by atoms with Crippen LogP contribution in [-0.4, -0.2) is 53.4 Å². The Labute approximate surface area is 140 Å². The van der Waals surface area contributed by atoms with Gasteiger partial charge in [0.05, 0.1) is 12.2 Å². The number of anilines is 1. The lowest BCUT2D eigenvalue weighted by molar-refractivity contribution is -0.118. The minimum absolute atomic E-state index is 0.228. The van der Waals surface area contributed by atoms with Gasteiger partial charge in [-0.3, -0.25) is 19.6 Å². The smallest absolute Gasteiger partial charge is 0.270 e. The van der Waals surface area contributed by atoms with E-state index in [0.717, 1.165) is 30.9 Å². The van der Waals surface area contributed by atoms with Gasteiger partial charge in [-0.25, -0.2) is 0 Å². The molecule has 0 bridgehead atoms. The summed E-state index contributed by atoms with van der Waals surface area (Å²) in [5.41, 5.74) is 2.12. The van der Waals surface area contributed by atoms with Gasteiger partial charge in [-0.2, -0.15) is 0 Å². The highest BCUT2D eigenvalue weighted by Crippen LogP contribution is 2.16. The van der Waals surface area contributed by atoms with Crippen LogP contribution in [0.3, 0.4) is 0 Å². The van der Waals surface area contributed by atoms with Gasteiger partial charge >= 0.3 is 0 Å². The molecule has 3 heterocycles. The first kappa shape index (κ1) is 15.9. The highest BCUT2D eigenvalue weighted by Gasteiger charge is 2.17. The molecule has 3 rings (SSSR count). The van der Waals surface area contributed by atoms with Crippen molar-refractivity contribution >= 4 is 18.0 Å². The molecule has 0 spiro atoms. The first-order valence-corrected chi connectivity index (χ1v) is 7.85. The minimum Gasteiger partial charge on any atom is -0.368 e. The molecule has 1 N–H and O–H groups in total. The number of aromatic nitrogens is 2. The Kier molecular flexibility index (Phi) is 5.00. The van der Waals surface area contributed by atoms with Crippen LogP contribution >= 0.6 is 0 Å². The molecule has 1 fully saturated rings. The van der Waals surface area contributed by atoms with Crippen LogP contribution in [0, 0.1) is 0 Å². The molecular weight excluding hydrogens is 306 g/mol. The third-order valence-electron chi connectivity index (χ3n) is 3.96. The second kappa shape index (κ2) is 7.54. The van der Waals surface area contributed by atoms with Crippen LogP contribution in [0.4, 0.5) is 5.69 Å². The SMILES string of the molecule is O=CN1CCN(c2ccnc(C(=O)NCc3ccccn3)c2)CC1. The lowest BCUT2D eigenvalue weighted by Gasteiger charge is -2.34. The number of amides is 2. The molecule has 2 aromatic heterocycles. The summed E-state index contributed by atoms with van der Waals surface area (Å²) in [7, 11) is 0. The van der Waals surface area contributed by atoms with Crippen molar-refractivity contribution in [2.45, 2.75) is 6.54 Å². The van der Waals surface area contributed by atoms with Gasteiger partial charge in [0.1, 0.15) is 5.69 Å². The van der Waals surface area contributed by atoms with Crippen molar-refractivity contribution < 1.29 is 9.59 Å². The van der Waals surface area contributed by atoms with Crippen molar-refractivity contribution in [3.8, 4) is 0 Å². The number of hydrogen-bond donors (Lipinski definition) is 1. The van der Waals surface area contributed by atoms with Gasteiger partial charge in [0.2, 0.25) is 6.41 Å². The number of hydrogen-bond acceptors (Lipinski definition) is 5. The summed E-state index contributed by atoms with van der Waals surface area (Å²) in [5.74, 6) is -0.228. The minimum atomic E-state index is -0.228. The molecule has 7 nitrogen and oxygen atoms in total. The van der Waals surface area contributed by atoms with Crippen molar-refractivity contribution in [3.63, 3.8) is 0 Å². The van der Waals surface area contributed by atoms with Gasteiger partial charge in [-0.1, -0.05) is 6.07 Å². The zero-order chi connectivity index (χ0) is 16.8. The summed E-state index contributed by atoms with van der Waals surface area (Å²) < 4.78 is 0. The summed E-state index contributed by atoms with van der Waals surface area (Å²) in [4.78, 5) is 35.3. The normalized spacial score (nSPS) is 14.3. The second-order valence-corrected chi connectivity index (χ2v) is 5.53. The zero-order valence-corrected chi connectivity index (χ0v) is 13.3. The van der Waals surface area contributed by atoms with E-state index in [4.69, 9.17) is 0 Å². The average Bonchev–Trinajstić information content (AvgIpc) is 2.67. The van der Waals surface area contributed by atoms with Gasteiger partial charge in [0.15, 0.2) is 0 Å². The van der Waals surface area contributed by atoms with Crippen molar-refractivity contribution in [1.29, 1.82) is 0 Å². The Morgan fingerprint density at radius 2 is 1.96 bits per heavy atom. The zero-order valence-electron chi connectivity index (χ0n) is 13.3. The summed E-state index contributed by atoms with van der Waals surface area (Å²) in [6.07, 6.45) is 4.21. The van der Waals surface area contributed by atoms with Crippen LogP contribution < -0.4 is 10.2 Å². The maximum Gasteiger partial charge on any atom is 0.270 e. The first-order chi connectivity index (χ1) is 11.8. The predicted octanol–water partition coefficient (Wildman–Crippen LogP) is 0.685. The van der Waals surface area contributed by atoms with Gasteiger partial charge < -0.3 is 15.1 Å². The highest BCUT2D eigenvalue weighted by atomic mass is 16.2. The number of nitrogens with zero attached hydrogens (tertiary/aromatic N) is 4. The van der Waals surface area contributed by atoms with Crippen LogP contribution in [-0.2, 0) is 11.3 Å². The fourth-order valence-electron chi connectivity index (χ4n) is 2.59. The van der Waals surface area contributed by atoms with Crippen LogP contribution in [0.5, 0.6) is 0 Å². The van der Waals surface area contributed by atoms with E-state index in [-0.39, 0.29) is 5.91 Å². The Morgan fingerprint density at radius 1 is 1.12 bits per heavy atom. The summed E-state index contributed by atoms with van der Waals surface area (Å²) in [6.45, 7) is 3.24. The predicted molar refractivity (Wildman–Crippen MR) is 89.5 cm³/mol. The van der Waals surface area contributed by atoms with Crippen molar-refractivity contribution in [3.05, 3.63) is 54.1 Å². The highest BCUT2D eigenvalue weighted by molar-refractivity contribution is 5.93. The molecule has 1 saturated heterocycles. The monoisotopic (exact) mass is 325 g/mol. The van der Waals surface area contributed by atoms with E-state index in [0.29, 0.717) is 25.3 Å². The molecule has 124 valence electrons. The van der Waals surface area contributed by atoms with E-state index in [1.165, 1.54) is 0 Å². The Morgan fingerprint density at radius 3 is 2.67 bits per heavy atom. The molecule has 0 saturated carbocycles. The molecule has 0 radical (unpaired) electrons. The molecule has 0 atom stereocenters. The van der Waals surface area contributed by atoms with E-state index in [2.05, 4.69) is 20.2 Å². The third-order valence-corrected chi connectivity index (χ3v) is 3.96. The summed E-state index contributed by atoms with van der Waals surface area (Å²) in [5, 5.41) is 2.82. The Balaban J connectivity index is 1.62. The molecular formula is C17H19N5O2. The fraction of sp³-hybridized carbons (Fsp3) is 0.294. The van der Waals surface area contributed by atoms with E-state index in [9.17, 15) is 9.59 Å². The first-order valence-electron chi connectivity index (χ1n) is 7.85. The average molecular weight is 325 g/mol.